The molecule has 1 N–H and O–H groups in total. The number of carbonyl (C=O) groups excluding carboxylic acids is 1. The largest absolute Gasteiger partial charge is 0.353 e. The lowest BCUT2D eigenvalue weighted by Gasteiger charge is -2.28. The van der Waals surface area contributed by atoms with E-state index < -0.39 is 10.0 Å². The fourth-order valence-electron chi connectivity index (χ4n) is 3.52. The zero-order valence-corrected chi connectivity index (χ0v) is 17.6. The number of hydrogen-bond donors (Lipinski definition) is 1. The van der Waals surface area contributed by atoms with Gasteiger partial charge in [-0.2, -0.15) is 0 Å². The van der Waals surface area contributed by atoms with Crippen LogP contribution in [0.3, 0.4) is 0 Å². The Hall–Kier alpha value is -1.84. The van der Waals surface area contributed by atoms with Crippen LogP contribution in [0.5, 0.6) is 0 Å². The lowest BCUT2D eigenvalue weighted by atomic mass is 10.1. The van der Waals surface area contributed by atoms with Crippen LogP contribution in [0.1, 0.15) is 25.7 Å². The molecule has 1 fully saturated rings. The van der Waals surface area contributed by atoms with Gasteiger partial charge in [0.2, 0.25) is 5.91 Å². The molecule has 0 spiro atoms. The molecular formula is C18H19ClN4O3S2. The average molecular weight is 439 g/mol. The summed E-state index contributed by atoms with van der Waals surface area (Å²) in [5, 5.41) is 3.82. The molecule has 2 aliphatic rings. The van der Waals surface area contributed by atoms with Crippen molar-refractivity contribution in [2.24, 2.45) is 0 Å². The van der Waals surface area contributed by atoms with E-state index in [2.05, 4.69) is 15.3 Å². The van der Waals surface area contributed by atoms with Crippen LogP contribution in [0, 0.1) is 0 Å². The van der Waals surface area contributed by atoms with Gasteiger partial charge in [-0.15, -0.1) is 0 Å². The molecule has 4 rings (SSSR count). The number of nitrogens with one attached hydrogen (secondary N) is 1. The van der Waals surface area contributed by atoms with Crippen molar-refractivity contribution in [3.8, 4) is 11.3 Å². The van der Waals surface area contributed by atoms with Crippen LogP contribution in [0.2, 0.25) is 5.02 Å². The Morgan fingerprint density at radius 2 is 2.11 bits per heavy atom. The topological polar surface area (TPSA) is 92.3 Å². The Labute approximate surface area is 172 Å². The molecule has 0 bridgehead atoms. The van der Waals surface area contributed by atoms with E-state index in [1.807, 2.05) is 0 Å². The Bertz CT molecular complexity index is 1040. The van der Waals surface area contributed by atoms with E-state index in [1.54, 1.807) is 18.2 Å². The molecule has 1 aromatic heterocycles. The number of thioether (sulfide) groups is 1. The van der Waals surface area contributed by atoms with Crippen molar-refractivity contribution in [2.45, 2.75) is 41.8 Å². The predicted octanol–water partition coefficient (Wildman–Crippen LogP) is 3.09. The zero-order valence-electron chi connectivity index (χ0n) is 15.2. The maximum Gasteiger partial charge on any atom is 0.267 e. The second-order valence-electron chi connectivity index (χ2n) is 6.84. The molecule has 0 atom stereocenters. The van der Waals surface area contributed by atoms with E-state index in [0.717, 1.165) is 25.7 Å². The van der Waals surface area contributed by atoms with Crippen molar-refractivity contribution >= 4 is 45.0 Å². The Kier molecular flexibility index (Phi) is 5.24. The first-order valence-electron chi connectivity index (χ1n) is 8.94. The van der Waals surface area contributed by atoms with E-state index in [-0.39, 0.29) is 22.6 Å². The number of carbonyl (C=O) groups is 1. The predicted molar refractivity (Wildman–Crippen MR) is 109 cm³/mol. The van der Waals surface area contributed by atoms with Crippen molar-refractivity contribution in [1.82, 2.24) is 15.3 Å². The van der Waals surface area contributed by atoms with E-state index in [9.17, 15) is 13.2 Å². The summed E-state index contributed by atoms with van der Waals surface area (Å²) in [7, 11) is -2.28. The molecule has 148 valence electrons. The number of rotatable bonds is 4. The molecule has 10 heteroatoms. The molecule has 1 saturated carbocycles. The molecule has 1 aliphatic carbocycles. The Morgan fingerprint density at radius 3 is 2.86 bits per heavy atom. The van der Waals surface area contributed by atoms with Gasteiger partial charge >= 0.3 is 0 Å². The minimum Gasteiger partial charge on any atom is -0.353 e. The molecule has 2 heterocycles. The van der Waals surface area contributed by atoms with Crippen LogP contribution >= 0.6 is 23.4 Å². The molecule has 0 radical (unpaired) electrons. The Morgan fingerprint density at radius 1 is 1.36 bits per heavy atom. The summed E-state index contributed by atoms with van der Waals surface area (Å²) in [5.74, 6) is 0.132. The zero-order chi connectivity index (χ0) is 19.9. The quantitative estimate of drug-likeness (QED) is 0.582. The van der Waals surface area contributed by atoms with E-state index in [4.69, 9.17) is 11.6 Å². The van der Waals surface area contributed by atoms with Crippen LogP contribution in [-0.2, 0) is 14.8 Å². The Balaban J connectivity index is 1.59. The van der Waals surface area contributed by atoms with Gasteiger partial charge in [-0.05, 0) is 31.0 Å². The minimum absolute atomic E-state index is 0.0459. The maximum absolute atomic E-state index is 12.8. The maximum atomic E-state index is 12.8. The fourth-order valence-corrected chi connectivity index (χ4v) is 5.60. The number of fused-ring (bicyclic) bond motifs is 3. The van der Waals surface area contributed by atoms with Crippen LogP contribution in [0.25, 0.3) is 11.3 Å². The summed E-state index contributed by atoms with van der Waals surface area (Å²) in [5.41, 5.74) is 1.46. The first kappa shape index (κ1) is 19.5. The number of anilines is 1. The monoisotopic (exact) mass is 438 g/mol. The van der Waals surface area contributed by atoms with Crippen molar-refractivity contribution in [3.05, 3.63) is 29.4 Å². The van der Waals surface area contributed by atoms with Gasteiger partial charge in [0.1, 0.15) is 4.90 Å². The van der Waals surface area contributed by atoms with Crippen molar-refractivity contribution in [2.75, 3.05) is 17.1 Å². The lowest BCUT2D eigenvalue weighted by Crippen LogP contribution is -2.34. The third-order valence-electron chi connectivity index (χ3n) is 4.98. The number of benzene rings is 1. The normalized spacial score (nSPS) is 17.9. The molecule has 1 amide bonds. The first-order valence-corrected chi connectivity index (χ1v) is 11.7. The van der Waals surface area contributed by atoms with E-state index in [1.165, 1.54) is 29.3 Å². The van der Waals surface area contributed by atoms with Gasteiger partial charge in [-0.1, -0.05) is 36.2 Å². The number of halogens is 1. The van der Waals surface area contributed by atoms with E-state index >= 15 is 0 Å². The summed E-state index contributed by atoms with van der Waals surface area (Å²) < 4.78 is 26.7. The van der Waals surface area contributed by atoms with Crippen molar-refractivity contribution in [3.63, 3.8) is 0 Å². The summed E-state index contributed by atoms with van der Waals surface area (Å²) in [6.07, 6.45) is 5.66. The second kappa shape index (κ2) is 7.53. The molecule has 28 heavy (non-hydrogen) atoms. The van der Waals surface area contributed by atoms with Crippen LogP contribution < -0.4 is 9.62 Å². The number of aromatic nitrogens is 2. The molecule has 0 saturated heterocycles. The minimum atomic E-state index is -3.75. The smallest absolute Gasteiger partial charge is 0.267 e. The molecular weight excluding hydrogens is 420 g/mol. The first-order chi connectivity index (χ1) is 13.4. The van der Waals surface area contributed by atoms with Gasteiger partial charge in [-0.25, -0.2) is 18.4 Å². The number of sulfonamides is 1. The third-order valence-corrected chi connectivity index (χ3v) is 7.85. The molecule has 7 nitrogen and oxygen atoms in total. The summed E-state index contributed by atoms with van der Waals surface area (Å²) >= 11 is 7.24. The van der Waals surface area contributed by atoms with Gasteiger partial charge < -0.3 is 5.32 Å². The molecule has 1 aliphatic heterocycles. The van der Waals surface area contributed by atoms with Gasteiger partial charge in [0.25, 0.3) is 10.0 Å². The van der Waals surface area contributed by atoms with Crippen molar-refractivity contribution < 1.29 is 13.2 Å². The van der Waals surface area contributed by atoms with Crippen molar-refractivity contribution in [1.29, 1.82) is 0 Å². The second-order valence-corrected chi connectivity index (χ2v) is 10.2. The highest BCUT2D eigenvalue weighted by Gasteiger charge is 2.34. The highest BCUT2D eigenvalue weighted by atomic mass is 35.5. The summed E-state index contributed by atoms with van der Waals surface area (Å²) in [6.45, 7) is 0. The lowest BCUT2D eigenvalue weighted by molar-refractivity contribution is -0.119. The highest BCUT2D eigenvalue weighted by Crippen LogP contribution is 2.42. The van der Waals surface area contributed by atoms with Gasteiger partial charge in [-0.3, -0.25) is 9.10 Å². The molecule has 1 aromatic carbocycles. The number of nitrogens with zero attached hydrogens (tertiary/aromatic N) is 3. The SMILES string of the molecule is CN1c2cc(Cl)ccc2-c2nc(SCC(=O)NC3CCCC3)ncc2S1(=O)=O. The number of hydrogen-bond acceptors (Lipinski definition) is 6. The average Bonchev–Trinajstić information content (AvgIpc) is 3.17. The standard InChI is InChI=1S/C18H19ClN4O3S2/c1-23-14-8-11(19)6-7-13(14)17-15(28(23,25)26)9-20-18(22-17)27-10-16(24)21-12-4-2-3-5-12/h6-9,12H,2-5,10H2,1H3,(H,21,24). The van der Waals surface area contributed by atoms with E-state index in [0.29, 0.717) is 27.1 Å². The third kappa shape index (κ3) is 3.58. The number of amides is 1. The molecule has 0 unspecified atom stereocenters. The van der Waals surface area contributed by atoms with Gasteiger partial charge in [0.15, 0.2) is 5.16 Å². The van der Waals surface area contributed by atoms with Crippen LogP contribution in [-0.4, -0.2) is 43.1 Å². The fraction of sp³-hybridized carbons (Fsp3) is 0.389. The summed E-state index contributed by atoms with van der Waals surface area (Å²) in [6, 6.07) is 5.30. The van der Waals surface area contributed by atoms with Crippen LogP contribution in [0.4, 0.5) is 5.69 Å². The van der Waals surface area contributed by atoms with Gasteiger partial charge in [0, 0.05) is 23.7 Å². The van der Waals surface area contributed by atoms with Crippen LogP contribution in [0.15, 0.2) is 34.4 Å². The molecule has 2 aromatic rings. The highest BCUT2D eigenvalue weighted by molar-refractivity contribution is 7.99. The van der Waals surface area contributed by atoms with Gasteiger partial charge in [0.05, 0.1) is 23.3 Å². The summed E-state index contributed by atoms with van der Waals surface area (Å²) in [4.78, 5) is 20.8.